The molecule has 0 bridgehead atoms. The van der Waals surface area contributed by atoms with Crippen molar-refractivity contribution in [1.29, 1.82) is 0 Å². The Morgan fingerprint density at radius 3 is 2.69 bits per heavy atom. The lowest BCUT2D eigenvalue weighted by atomic mass is 9.74. The SMILES string of the molecule is Nc1cc(Sc2cnc(N3CCC4(CCCC4N)CC3)c(O)n2)ccn1. The second-order valence-corrected chi connectivity index (χ2v) is 8.32. The number of hydrogen-bond acceptors (Lipinski definition) is 8. The van der Waals surface area contributed by atoms with Crippen molar-refractivity contribution < 1.29 is 5.11 Å². The summed E-state index contributed by atoms with van der Waals surface area (Å²) < 4.78 is 0. The van der Waals surface area contributed by atoms with Gasteiger partial charge < -0.3 is 21.5 Å². The van der Waals surface area contributed by atoms with Crippen molar-refractivity contribution in [3.8, 4) is 5.88 Å². The highest BCUT2D eigenvalue weighted by Crippen LogP contribution is 2.46. The van der Waals surface area contributed by atoms with Gasteiger partial charge in [0, 0.05) is 30.2 Å². The van der Waals surface area contributed by atoms with Gasteiger partial charge in [-0.05, 0) is 43.2 Å². The van der Waals surface area contributed by atoms with Crippen LogP contribution in [0.1, 0.15) is 32.1 Å². The number of pyridine rings is 1. The highest BCUT2D eigenvalue weighted by atomic mass is 32.2. The van der Waals surface area contributed by atoms with E-state index in [1.165, 1.54) is 24.6 Å². The summed E-state index contributed by atoms with van der Waals surface area (Å²) in [5.41, 5.74) is 12.3. The van der Waals surface area contributed by atoms with Gasteiger partial charge in [0.25, 0.3) is 5.88 Å². The average Bonchev–Trinajstić information content (AvgIpc) is 2.96. The van der Waals surface area contributed by atoms with E-state index in [9.17, 15) is 5.11 Å². The third-order valence-corrected chi connectivity index (χ3v) is 6.62. The standard InChI is InChI=1S/C18H24N6OS/c19-13-2-1-4-18(13)5-8-24(9-6-18)16-17(25)23-15(11-22-16)26-12-3-7-21-14(20)10-12/h3,7,10-11,13H,1-2,4-6,8-9,19H2,(H2,20,21)(H,23,25). The van der Waals surface area contributed by atoms with Gasteiger partial charge in [-0.3, -0.25) is 0 Å². The van der Waals surface area contributed by atoms with Crippen LogP contribution in [0.4, 0.5) is 11.6 Å². The number of nitrogens with zero attached hydrogens (tertiary/aromatic N) is 4. The fourth-order valence-corrected chi connectivity index (χ4v) is 4.98. The Bertz CT molecular complexity index is 793. The zero-order chi connectivity index (χ0) is 18.1. The van der Waals surface area contributed by atoms with E-state index in [4.69, 9.17) is 11.5 Å². The minimum absolute atomic E-state index is 0.0244. The molecule has 1 saturated carbocycles. The Morgan fingerprint density at radius 1 is 1.23 bits per heavy atom. The van der Waals surface area contributed by atoms with E-state index in [0.717, 1.165) is 37.2 Å². The first kappa shape index (κ1) is 17.4. The Hall–Kier alpha value is -2.06. The van der Waals surface area contributed by atoms with Crippen LogP contribution >= 0.6 is 11.8 Å². The highest BCUT2D eigenvalue weighted by molar-refractivity contribution is 7.99. The molecule has 3 heterocycles. The van der Waals surface area contributed by atoms with Crippen LogP contribution in [-0.4, -0.2) is 39.2 Å². The smallest absolute Gasteiger partial charge is 0.256 e. The molecule has 7 nitrogen and oxygen atoms in total. The van der Waals surface area contributed by atoms with Crippen molar-refractivity contribution in [2.45, 2.75) is 48.1 Å². The topological polar surface area (TPSA) is 114 Å². The van der Waals surface area contributed by atoms with Gasteiger partial charge >= 0.3 is 0 Å². The lowest BCUT2D eigenvalue weighted by molar-refractivity contribution is 0.197. The summed E-state index contributed by atoms with van der Waals surface area (Å²) in [5.74, 6) is 0.991. The number of rotatable bonds is 3. The second-order valence-electron chi connectivity index (χ2n) is 7.22. The van der Waals surface area contributed by atoms with E-state index in [0.29, 0.717) is 22.7 Å². The lowest BCUT2D eigenvalue weighted by Crippen LogP contribution is -2.47. The fraction of sp³-hybridized carbons (Fsp3) is 0.500. The van der Waals surface area contributed by atoms with Crippen LogP contribution in [0.15, 0.2) is 34.4 Å². The Morgan fingerprint density at radius 2 is 2.04 bits per heavy atom. The molecule has 2 aromatic heterocycles. The molecule has 1 unspecified atom stereocenters. The number of nitrogens with two attached hydrogens (primary N) is 2. The van der Waals surface area contributed by atoms with Crippen molar-refractivity contribution in [2.75, 3.05) is 23.7 Å². The van der Waals surface area contributed by atoms with Gasteiger partial charge in [0.2, 0.25) is 0 Å². The van der Waals surface area contributed by atoms with Crippen LogP contribution in [0.25, 0.3) is 0 Å². The molecule has 2 aromatic rings. The zero-order valence-electron chi connectivity index (χ0n) is 14.6. The predicted molar refractivity (Wildman–Crippen MR) is 102 cm³/mol. The molecule has 0 radical (unpaired) electrons. The maximum atomic E-state index is 10.4. The molecular weight excluding hydrogens is 348 g/mol. The quantitative estimate of drug-likeness (QED) is 0.752. The largest absolute Gasteiger partial charge is 0.491 e. The minimum atomic E-state index is -0.0244. The molecule has 0 amide bonds. The molecule has 2 aliphatic rings. The number of hydrogen-bond donors (Lipinski definition) is 3. The van der Waals surface area contributed by atoms with E-state index in [1.807, 2.05) is 6.07 Å². The first-order chi connectivity index (χ1) is 12.6. The van der Waals surface area contributed by atoms with Gasteiger partial charge in [0.05, 0.1) is 6.20 Å². The van der Waals surface area contributed by atoms with E-state index in [2.05, 4.69) is 19.9 Å². The summed E-state index contributed by atoms with van der Waals surface area (Å²) in [6, 6.07) is 3.94. The van der Waals surface area contributed by atoms with Crippen LogP contribution in [0.3, 0.4) is 0 Å². The van der Waals surface area contributed by atoms with Crippen LogP contribution in [0.5, 0.6) is 5.88 Å². The van der Waals surface area contributed by atoms with E-state index in [1.54, 1.807) is 18.5 Å². The molecule has 1 saturated heterocycles. The van der Waals surface area contributed by atoms with Gasteiger partial charge in [0.15, 0.2) is 5.82 Å². The van der Waals surface area contributed by atoms with Crippen molar-refractivity contribution in [3.63, 3.8) is 0 Å². The molecule has 1 aliphatic heterocycles. The number of aromatic nitrogens is 3. The molecule has 26 heavy (non-hydrogen) atoms. The number of piperidine rings is 1. The maximum Gasteiger partial charge on any atom is 0.256 e. The molecule has 1 atom stereocenters. The normalized spacial score (nSPS) is 22.0. The Labute approximate surface area is 157 Å². The third-order valence-electron chi connectivity index (χ3n) is 5.72. The average molecular weight is 372 g/mol. The zero-order valence-corrected chi connectivity index (χ0v) is 15.5. The van der Waals surface area contributed by atoms with Gasteiger partial charge in [-0.1, -0.05) is 18.2 Å². The number of anilines is 2. The molecule has 8 heteroatoms. The van der Waals surface area contributed by atoms with Gasteiger partial charge in [-0.25, -0.2) is 15.0 Å². The van der Waals surface area contributed by atoms with Crippen molar-refractivity contribution in [2.24, 2.45) is 11.1 Å². The summed E-state index contributed by atoms with van der Waals surface area (Å²) in [7, 11) is 0. The molecule has 5 N–H and O–H groups in total. The molecule has 138 valence electrons. The molecular formula is C18H24N6OS. The maximum absolute atomic E-state index is 10.4. The van der Waals surface area contributed by atoms with E-state index < -0.39 is 0 Å². The van der Waals surface area contributed by atoms with Gasteiger partial charge in [-0.2, -0.15) is 0 Å². The van der Waals surface area contributed by atoms with Crippen molar-refractivity contribution in [3.05, 3.63) is 24.5 Å². The van der Waals surface area contributed by atoms with Crippen LogP contribution in [0, 0.1) is 5.41 Å². The van der Waals surface area contributed by atoms with Crippen LogP contribution < -0.4 is 16.4 Å². The van der Waals surface area contributed by atoms with Crippen molar-refractivity contribution >= 4 is 23.4 Å². The molecule has 0 aromatic carbocycles. The predicted octanol–water partition coefficient (Wildman–Crippen LogP) is 2.41. The van der Waals surface area contributed by atoms with Gasteiger partial charge in [-0.15, -0.1) is 0 Å². The molecule has 1 spiro atoms. The number of nitrogen functional groups attached to an aromatic ring is 1. The summed E-state index contributed by atoms with van der Waals surface area (Å²) >= 11 is 1.40. The molecule has 1 aliphatic carbocycles. The summed E-state index contributed by atoms with van der Waals surface area (Å²) in [6.45, 7) is 1.73. The highest BCUT2D eigenvalue weighted by Gasteiger charge is 2.43. The lowest BCUT2D eigenvalue weighted by Gasteiger charge is -2.42. The summed E-state index contributed by atoms with van der Waals surface area (Å²) in [4.78, 5) is 15.8. The summed E-state index contributed by atoms with van der Waals surface area (Å²) in [5, 5.41) is 11.0. The third kappa shape index (κ3) is 3.31. The first-order valence-electron chi connectivity index (χ1n) is 9.02. The van der Waals surface area contributed by atoms with Crippen LogP contribution in [0.2, 0.25) is 0 Å². The van der Waals surface area contributed by atoms with E-state index in [-0.39, 0.29) is 11.3 Å². The van der Waals surface area contributed by atoms with Gasteiger partial charge in [0.1, 0.15) is 10.8 Å². The van der Waals surface area contributed by atoms with Crippen LogP contribution in [-0.2, 0) is 0 Å². The molecule has 4 rings (SSSR count). The Balaban J connectivity index is 1.45. The second kappa shape index (κ2) is 6.92. The van der Waals surface area contributed by atoms with Crippen molar-refractivity contribution in [1.82, 2.24) is 15.0 Å². The summed E-state index contributed by atoms with van der Waals surface area (Å²) in [6.07, 6.45) is 9.06. The molecule has 2 fully saturated rings. The minimum Gasteiger partial charge on any atom is -0.491 e. The fourth-order valence-electron chi connectivity index (χ4n) is 4.19. The van der Waals surface area contributed by atoms with E-state index >= 15 is 0 Å². The monoisotopic (exact) mass is 372 g/mol. The Kier molecular flexibility index (Phi) is 4.62. The number of aromatic hydroxyl groups is 1. The first-order valence-corrected chi connectivity index (χ1v) is 9.83.